The second-order valence-electron chi connectivity index (χ2n) is 9.76. The van der Waals surface area contributed by atoms with E-state index in [1.54, 1.807) is 0 Å². The van der Waals surface area contributed by atoms with Crippen LogP contribution in [0.2, 0.25) is 0 Å². The van der Waals surface area contributed by atoms with E-state index in [1.165, 1.54) is 12.5 Å². The molecule has 246 valence electrons. The molecule has 0 radical (unpaired) electrons. The fourth-order valence-corrected chi connectivity index (χ4v) is 3.83. The SMILES string of the molecule is NC(N)=NCCCC(N)C(=O)NC(CCCN=C(N)N)C(=O)NC(Cc1cnc[nH]1)C(=O)NC(CCCN=C(N)N)C(=O)O. The van der Waals surface area contributed by atoms with Crippen molar-refractivity contribution < 1.29 is 24.3 Å². The fraction of sp³-hybridized carbons (Fsp3) is 0.583. The first kappa shape index (κ1) is 36.9. The molecule has 4 atom stereocenters. The highest BCUT2D eigenvalue weighted by molar-refractivity contribution is 5.94. The number of nitrogens with zero attached hydrogens (tertiary/aromatic N) is 4. The topological polar surface area (TPSA) is 372 Å². The number of hydrogen-bond acceptors (Lipinski definition) is 9. The molecule has 0 aliphatic rings. The van der Waals surface area contributed by atoms with Gasteiger partial charge in [-0.25, -0.2) is 9.78 Å². The van der Waals surface area contributed by atoms with E-state index in [9.17, 15) is 24.3 Å². The summed E-state index contributed by atoms with van der Waals surface area (Å²) in [5, 5.41) is 17.3. The lowest BCUT2D eigenvalue weighted by molar-refractivity contribution is -0.142. The van der Waals surface area contributed by atoms with Crippen molar-refractivity contribution in [2.45, 2.75) is 69.1 Å². The summed E-state index contributed by atoms with van der Waals surface area (Å²) in [4.78, 5) is 69.7. The van der Waals surface area contributed by atoms with Crippen LogP contribution < -0.4 is 56.1 Å². The Kier molecular flexibility index (Phi) is 16.7. The van der Waals surface area contributed by atoms with Crippen LogP contribution in [-0.4, -0.2) is 100 Å². The van der Waals surface area contributed by atoms with Crippen molar-refractivity contribution >= 4 is 41.6 Å². The molecule has 0 aliphatic carbocycles. The van der Waals surface area contributed by atoms with Gasteiger partial charge >= 0.3 is 5.97 Å². The molecule has 0 aliphatic heterocycles. The second-order valence-corrected chi connectivity index (χ2v) is 9.76. The number of carboxylic acids is 1. The first-order valence-corrected chi connectivity index (χ1v) is 13.8. The molecular formula is C24H45N15O5. The van der Waals surface area contributed by atoms with Crippen molar-refractivity contribution in [3.8, 4) is 0 Å². The van der Waals surface area contributed by atoms with Crippen molar-refractivity contribution in [2.75, 3.05) is 19.6 Å². The number of nitrogens with one attached hydrogen (secondary N) is 4. The van der Waals surface area contributed by atoms with Crippen LogP contribution in [0, 0.1) is 0 Å². The maximum atomic E-state index is 13.4. The highest BCUT2D eigenvalue weighted by Gasteiger charge is 2.30. The minimum Gasteiger partial charge on any atom is -0.480 e. The molecule has 1 heterocycles. The Hall–Kier alpha value is -5.14. The van der Waals surface area contributed by atoms with E-state index in [4.69, 9.17) is 40.1 Å². The second kappa shape index (κ2) is 19.9. The molecule has 3 amide bonds. The van der Waals surface area contributed by atoms with Crippen LogP contribution in [0.1, 0.15) is 44.2 Å². The van der Waals surface area contributed by atoms with E-state index in [0.29, 0.717) is 18.5 Å². The molecule has 19 N–H and O–H groups in total. The van der Waals surface area contributed by atoms with Gasteiger partial charge in [0.2, 0.25) is 17.7 Å². The number of aromatic amines is 1. The molecule has 0 aromatic carbocycles. The molecule has 0 fully saturated rings. The molecule has 4 unspecified atom stereocenters. The molecule has 0 bridgehead atoms. The van der Waals surface area contributed by atoms with Crippen LogP contribution in [0.4, 0.5) is 0 Å². The molecule has 44 heavy (non-hydrogen) atoms. The number of aromatic nitrogens is 2. The minimum absolute atomic E-state index is 0.0210. The van der Waals surface area contributed by atoms with Crippen LogP contribution in [-0.2, 0) is 25.6 Å². The number of carbonyl (C=O) groups is 4. The summed E-state index contributed by atoms with van der Waals surface area (Å²) in [7, 11) is 0. The zero-order valence-corrected chi connectivity index (χ0v) is 24.4. The van der Waals surface area contributed by atoms with Gasteiger partial charge in [-0.3, -0.25) is 29.4 Å². The molecular weight excluding hydrogens is 578 g/mol. The number of carboxylic acid groups (broad SMARTS) is 1. The Bertz CT molecular complexity index is 1140. The molecule has 0 saturated heterocycles. The van der Waals surface area contributed by atoms with E-state index in [-0.39, 0.29) is 69.6 Å². The summed E-state index contributed by atoms with van der Waals surface area (Å²) in [6.45, 7) is 0.598. The first-order valence-electron chi connectivity index (χ1n) is 13.8. The van der Waals surface area contributed by atoms with Gasteiger partial charge < -0.3 is 66.2 Å². The Morgan fingerprint density at radius 3 is 1.66 bits per heavy atom. The number of hydrogen-bond donors (Lipinski definition) is 12. The van der Waals surface area contributed by atoms with Crippen LogP contribution >= 0.6 is 0 Å². The van der Waals surface area contributed by atoms with Crippen molar-refractivity contribution in [1.29, 1.82) is 0 Å². The summed E-state index contributed by atoms with van der Waals surface area (Å²) in [5.74, 6) is -3.75. The number of carbonyl (C=O) groups excluding carboxylic acids is 3. The largest absolute Gasteiger partial charge is 0.480 e. The van der Waals surface area contributed by atoms with E-state index >= 15 is 0 Å². The summed E-state index contributed by atoms with van der Waals surface area (Å²) in [6, 6.07) is -4.64. The summed E-state index contributed by atoms with van der Waals surface area (Å²) >= 11 is 0. The maximum absolute atomic E-state index is 13.4. The number of H-pyrrole nitrogens is 1. The van der Waals surface area contributed by atoms with E-state index < -0.39 is 47.9 Å². The average Bonchev–Trinajstić information content (AvgIpc) is 3.46. The van der Waals surface area contributed by atoms with Gasteiger partial charge in [-0.05, 0) is 38.5 Å². The predicted molar refractivity (Wildman–Crippen MR) is 163 cm³/mol. The van der Waals surface area contributed by atoms with Gasteiger partial charge in [0.15, 0.2) is 17.9 Å². The lowest BCUT2D eigenvalue weighted by Gasteiger charge is -2.25. The van der Waals surface area contributed by atoms with Gasteiger partial charge in [-0.15, -0.1) is 0 Å². The number of amides is 3. The van der Waals surface area contributed by atoms with Crippen molar-refractivity contribution in [2.24, 2.45) is 55.1 Å². The van der Waals surface area contributed by atoms with Crippen LogP contribution in [0.5, 0.6) is 0 Å². The van der Waals surface area contributed by atoms with Crippen molar-refractivity contribution in [1.82, 2.24) is 25.9 Å². The number of imidazole rings is 1. The minimum atomic E-state index is -1.29. The fourth-order valence-electron chi connectivity index (χ4n) is 3.83. The average molecular weight is 624 g/mol. The summed E-state index contributed by atoms with van der Waals surface area (Å²) in [6.07, 6.45) is 4.10. The summed E-state index contributed by atoms with van der Waals surface area (Å²) < 4.78 is 0. The Balaban J connectivity index is 3.06. The van der Waals surface area contributed by atoms with Crippen LogP contribution in [0.3, 0.4) is 0 Å². The molecule has 0 saturated carbocycles. The van der Waals surface area contributed by atoms with Crippen molar-refractivity contribution in [3.63, 3.8) is 0 Å². The van der Waals surface area contributed by atoms with E-state index in [1.807, 2.05) is 0 Å². The van der Waals surface area contributed by atoms with Gasteiger partial charge in [0.05, 0.1) is 12.4 Å². The van der Waals surface area contributed by atoms with Gasteiger partial charge in [-0.2, -0.15) is 0 Å². The molecule has 1 aromatic rings. The van der Waals surface area contributed by atoms with Crippen molar-refractivity contribution in [3.05, 3.63) is 18.2 Å². The Morgan fingerprint density at radius 2 is 1.18 bits per heavy atom. The molecule has 1 rings (SSSR count). The maximum Gasteiger partial charge on any atom is 0.326 e. The number of aliphatic imine (C=N–C) groups is 3. The van der Waals surface area contributed by atoms with Gasteiger partial charge in [0.1, 0.15) is 18.1 Å². The van der Waals surface area contributed by atoms with Crippen LogP contribution in [0.15, 0.2) is 27.5 Å². The number of nitrogens with two attached hydrogens (primary N) is 7. The van der Waals surface area contributed by atoms with E-state index in [2.05, 4.69) is 40.9 Å². The summed E-state index contributed by atoms with van der Waals surface area (Å²) in [5.41, 5.74) is 38.4. The predicted octanol–water partition coefficient (Wildman–Crippen LogP) is -5.02. The van der Waals surface area contributed by atoms with E-state index in [0.717, 1.165) is 0 Å². The number of aliphatic carboxylic acids is 1. The highest BCUT2D eigenvalue weighted by atomic mass is 16.4. The molecule has 1 aromatic heterocycles. The lowest BCUT2D eigenvalue weighted by Crippen LogP contribution is -2.57. The lowest BCUT2D eigenvalue weighted by atomic mass is 10.1. The molecule has 0 spiro atoms. The normalized spacial score (nSPS) is 13.3. The highest BCUT2D eigenvalue weighted by Crippen LogP contribution is 2.07. The third-order valence-electron chi connectivity index (χ3n) is 6.05. The Morgan fingerprint density at radius 1 is 0.727 bits per heavy atom. The Labute approximate surface area is 254 Å². The number of rotatable bonds is 21. The smallest absolute Gasteiger partial charge is 0.326 e. The third-order valence-corrected chi connectivity index (χ3v) is 6.05. The standard InChI is InChI=1S/C24H45N15O5/c25-14(4-1-7-33-22(26)27)18(40)37-15(5-2-8-34-23(28)29)19(41)39-17(10-13-11-32-12-36-13)20(42)38-16(21(43)44)6-3-9-35-24(30)31/h11-12,14-17H,1-10,25H2,(H,32,36)(H,37,40)(H,38,42)(H,39,41)(H,43,44)(H4,26,27,33)(H4,28,29,34)(H4,30,31,35). The molecule has 20 nitrogen and oxygen atoms in total. The zero-order chi connectivity index (χ0) is 33.1. The quantitative estimate of drug-likeness (QED) is 0.0347. The number of guanidine groups is 3. The van der Waals surface area contributed by atoms with Gasteiger partial charge in [0, 0.05) is 37.9 Å². The third kappa shape index (κ3) is 15.7. The first-order chi connectivity index (χ1) is 20.8. The van der Waals surface area contributed by atoms with Crippen LogP contribution in [0.25, 0.3) is 0 Å². The zero-order valence-electron chi connectivity index (χ0n) is 24.4. The monoisotopic (exact) mass is 623 g/mol. The van der Waals surface area contributed by atoms with Gasteiger partial charge in [0.25, 0.3) is 0 Å². The molecule has 20 heteroatoms. The van der Waals surface area contributed by atoms with Gasteiger partial charge in [-0.1, -0.05) is 0 Å².